The van der Waals surface area contributed by atoms with Crippen molar-refractivity contribution in [1.82, 2.24) is 9.88 Å². The number of esters is 1. The van der Waals surface area contributed by atoms with Gasteiger partial charge < -0.3 is 14.4 Å². The van der Waals surface area contributed by atoms with Gasteiger partial charge in [-0.3, -0.25) is 4.98 Å². The number of carbonyl (C=O) groups is 1. The Morgan fingerprint density at radius 3 is 2.69 bits per heavy atom. The van der Waals surface area contributed by atoms with Crippen molar-refractivity contribution in [3.63, 3.8) is 0 Å². The van der Waals surface area contributed by atoms with E-state index in [9.17, 15) is 4.79 Å². The zero-order valence-corrected chi connectivity index (χ0v) is 16.7. The summed E-state index contributed by atoms with van der Waals surface area (Å²) in [6.45, 7) is 5.06. The predicted molar refractivity (Wildman–Crippen MR) is 114 cm³/mol. The molecule has 1 aliphatic heterocycles. The number of hydrogen-bond donors (Lipinski definition) is 0. The van der Waals surface area contributed by atoms with Crippen LogP contribution in [0.25, 0.3) is 5.70 Å². The fourth-order valence-electron chi connectivity index (χ4n) is 3.22. The number of ether oxygens (including phenoxy) is 2. The minimum absolute atomic E-state index is 0.389. The van der Waals surface area contributed by atoms with Crippen LogP contribution < -0.4 is 0 Å². The van der Waals surface area contributed by atoms with E-state index >= 15 is 0 Å². The normalized spacial score (nSPS) is 15.2. The average molecular weight is 388 g/mol. The fourth-order valence-corrected chi connectivity index (χ4v) is 3.22. The molecule has 0 radical (unpaired) electrons. The molecule has 2 aromatic rings. The summed E-state index contributed by atoms with van der Waals surface area (Å²) in [5.74, 6) is 0.356. The van der Waals surface area contributed by atoms with Crippen LogP contribution in [0.2, 0.25) is 0 Å². The molecule has 1 aromatic heterocycles. The zero-order valence-electron chi connectivity index (χ0n) is 16.7. The summed E-state index contributed by atoms with van der Waals surface area (Å²) >= 11 is 0. The largest absolute Gasteiger partial charge is 0.497 e. The minimum atomic E-state index is -0.389. The Labute approximate surface area is 171 Å². The van der Waals surface area contributed by atoms with Gasteiger partial charge in [-0.05, 0) is 41.0 Å². The van der Waals surface area contributed by atoms with Crippen molar-refractivity contribution in [2.75, 3.05) is 20.8 Å². The van der Waals surface area contributed by atoms with Crippen LogP contribution in [0, 0.1) is 0 Å². The lowest BCUT2D eigenvalue weighted by Gasteiger charge is -2.22. The van der Waals surface area contributed by atoms with Gasteiger partial charge in [0.1, 0.15) is 5.76 Å². The molecule has 0 N–H and O–H groups in total. The van der Waals surface area contributed by atoms with E-state index in [-0.39, 0.29) is 5.97 Å². The lowest BCUT2D eigenvalue weighted by molar-refractivity contribution is 0.0600. The van der Waals surface area contributed by atoms with Crippen molar-refractivity contribution in [2.45, 2.75) is 6.54 Å². The highest BCUT2D eigenvalue weighted by Crippen LogP contribution is 2.30. The van der Waals surface area contributed by atoms with Crippen molar-refractivity contribution in [3.8, 4) is 0 Å². The molecule has 1 aliphatic rings. The molecule has 0 atom stereocenters. The first-order chi connectivity index (χ1) is 14.1. The topological polar surface area (TPSA) is 51.7 Å². The number of hydrogen-bond acceptors (Lipinski definition) is 5. The van der Waals surface area contributed by atoms with Gasteiger partial charge in [0.05, 0.1) is 19.8 Å². The average Bonchev–Trinajstić information content (AvgIpc) is 3.15. The van der Waals surface area contributed by atoms with Crippen LogP contribution in [0.3, 0.4) is 0 Å². The van der Waals surface area contributed by atoms with Crippen molar-refractivity contribution in [3.05, 3.63) is 108 Å². The molecule has 0 fully saturated rings. The highest BCUT2D eigenvalue weighted by molar-refractivity contribution is 5.89. The SMILES string of the molecule is C=C/C=C(\C=C1\C=C(c2ccccc2)N(Cc2cncc(C(=O)OC)c2)C1)OC. The molecule has 148 valence electrons. The highest BCUT2D eigenvalue weighted by Gasteiger charge is 2.21. The summed E-state index contributed by atoms with van der Waals surface area (Å²) in [5.41, 5.74) is 4.73. The van der Waals surface area contributed by atoms with E-state index in [2.05, 4.69) is 34.7 Å². The third-order valence-electron chi connectivity index (χ3n) is 4.54. The van der Waals surface area contributed by atoms with Crippen molar-refractivity contribution < 1.29 is 14.3 Å². The number of aromatic nitrogens is 1. The second-order valence-electron chi connectivity index (χ2n) is 6.55. The molecule has 29 heavy (non-hydrogen) atoms. The van der Waals surface area contributed by atoms with Crippen LogP contribution in [0.4, 0.5) is 0 Å². The fraction of sp³-hybridized carbons (Fsp3) is 0.167. The van der Waals surface area contributed by atoms with Crippen LogP contribution in [0.5, 0.6) is 0 Å². The third kappa shape index (κ3) is 5.02. The van der Waals surface area contributed by atoms with Crippen LogP contribution in [-0.2, 0) is 16.0 Å². The Kier molecular flexibility index (Phi) is 6.63. The van der Waals surface area contributed by atoms with Crippen LogP contribution in [-0.4, -0.2) is 36.6 Å². The molecule has 5 nitrogen and oxygen atoms in total. The second-order valence-corrected chi connectivity index (χ2v) is 6.55. The van der Waals surface area contributed by atoms with Crippen molar-refractivity contribution in [2.24, 2.45) is 0 Å². The Morgan fingerprint density at radius 1 is 1.21 bits per heavy atom. The maximum absolute atomic E-state index is 11.8. The Hall–Kier alpha value is -3.60. The number of carbonyl (C=O) groups excluding carboxylic acids is 1. The summed E-state index contributed by atoms with van der Waals surface area (Å²) in [6.07, 6.45) is 11.0. The molecule has 0 unspecified atom stereocenters. The minimum Gasteiger partial charge on any atom is -0.497 e. The Balaban J connectivity index is 1.92. The van der Waals surface area contributed by atoms with Gasteiger partial charge >= 0.3 is 5.97 Å². The van der Waals surface area contributed by atoms with E-state index in [0.717, 1.165) is 28.2 Å². The number of methoxy groups -OCH3 is 2. The standard InChI is InChI=1S/C24H24N2O3/c1-4-8-22(28-2)12-18-13-23(20-9-6-5-7-10-20)26(16-18)17-19-11-21(15-25-14-19)24(27)29-3/h4-15H,1,16-17H2,2-3H3/b18-12-,22-8+. The molecule has 2 heterocycles. The Bertz CT molecular complexity index is 975. The highest BCUT2D eigenvalue weighted by atomic mass is 16.5. The number of nitrogens with zero attached hydrogens (tertiary/aromatic N) is 2. The first kappa shape index (κ1) is 20.1. The number of pyridine rings is 1. The van der Waals surface area contributed by atoms with Gasteiger partial charge in [-0.1, -0.05) is 43.0 Å². The maximum Gasteiger partial charge on any atom is 0.339 e. The molecule has 5 heteroatoms. The molecule has 0 amide bonds. The molecule has 0 aliphatic carbocycles. The van der Waals surface area contributed by atoms with Crippen molar-refractivity contribution in [1.29, 1.82) is 0 Å². The third-order valence-corrected chi connectivity index (χ3v) is 4.54. The predicted octanol–water partition coefficient (Wildman–Crippen LogP) is 4.37. The van der Waals surface area contributed by atoms with Gasteiger partial charge in [-0.2, -0.15) is 0 Å². The van der Waals surface area contributed by atoms with Gasteiger partial charge in [-0.15, -0.1) is 0 Å². The smallest absolute Gasteiger partial charge is 0.339 e. The van der Waals surface area contributed by atoms with E-state index < -0.39 is 0 Å². The first-order valence-electron chi connectivity index (χ1n) is 9.26. The number of benzene rings is 1. The summed E-state index contributed by atoms with van der Waals surface area (Å²) in [5, 5.41) is 0. The lowest BCUT2D eigenvalue weighted by Crippen LogP contribution is -2.19. The summed E-state index contributed by atoms with van der Waals surface area (Å²) in [6, 6.07) is 12.0. The summed E-state index contributed by atoms with van der Waals surface area (Å²) < 4.78 is 10.2. The summed E-state index contributed by atoms with van der Waals surface area (Å²) in [4.78, 5) is 18.3. The quantitative estimate of drug-likeness (QED) is 0.401. The van der Waals surface area contributed by atoms with Crippen molar-refractivity contribution >= 4 is 11.7 Å². The molecule has 0 saturated heterocycles. The molecular weight excluding hydrogens is 364 g/mol. The van der Waals surface area contributed by atoms with E-state index in [1.54, 1.807) is 19.4 Å². The van der Waals surface area contributed by atoms with Gasteiger partial charge in [0.15, 0.2) is 0 Å². The molecule has 0 bridgehead atoms. The van der Waals surface area contributed by atoms with E-state index in [0.29, 0.717) is 18.7 Å². The van der Waals surface area contributed by atoms with Crippen LogP contribution in [0.1, 0.15) is 21.5 Å². The Morgan fingerprint density at radius 2 is 2.00 bits per heavy atom. The lowest BCUT2D eigenvalue weighted by atomic mass is 10.1. The molecule has 0 saturated carbocycles. The monoisotopic (exact) mass is 388 g/mol. The van der Waals surface area contributed by atoms with Gasteiger partial charge in [-0.25, -0.2) is 4.79 Å². The molecular formula is C24H24N2O3. The van der Waals surface area contributed by atoms with Crippen LogP contribution >= 0.6 is 0 Å². The number of rotatable bonds is 7. The maximum atomic E-state index is 11.8. The van der Waals surface area contributed by atoms with Crippen LogP contribution in [0.15, 0.2) is 91.0 Å². The van der Waals surface area contributed by atoms with Gasteiger partial charge in [0, 0.05) is 31.2 Å². The van der Waals surface area contributed by atoms with E-state index in [1.165, 1.54) is 13.3 Å². The number of allylic oxidation sites excluding steroid dienone is 3. The molecule has 1 aromatic carbocycles. The first-order valence-corrected chi connectivity index (χ1v) is 9.26. The van der Waals surface area contributed by atoms with Gasteiger partial charge in [0.25, 0.3) is 0 Å². The summed E-state index contributed by atoms with van der Waals surface area (Å²) in [7, 11) is 3.01. The zero-order chi connectivity index (χ0) is 20.6. The second kappa shape index (κ2) is 9.55. The van der Waals surface area contributed by atoms with E-state index in [1.807, 2.05) is 36.4 Å². The molecule has 3 rings (SSSR count). The van der Waals surface area contributed by atoms with Gasteiger partial charge in [0.2, 0.25) is 0 Å². The molecule has 0 spiro atoms. The van der Waals surface area contributed by atoms with E-state index in [4.69, 9.17) is 9.47 Å².